The number of para-hydroxylation sites is 1. The molecule has 9 heteroatoms. The normalized spacial score (nSPS) is 24.8. The molecule has 1 aromatic heterocycles. The van der Waals surface area contributed by atoms with Crippen molar-refractivity contribution in [3.05, 3.63) is 83.9 Å². The van der Waals surface area contributed by atoms with Crippen molar-refractivity contribution in [1.82, 2.24) is 19.8 Å². The Morgan fingerprint density at radius 3 is 2.53 bits per heavy atom. The predicted molar refractivity (Wildman–Crippen MR) is 163 cm³/mol. The van der Waals surface area contributed by atoms with Crippen molar-refractivity contribution in [2.24, 2.45) is 17.3 Å². The minimum Gasteiger partial charge on any atom is -0.443 e. The van der Waals surface area contributed by atoms with Crippen LogP contribution in [0, 0.1) is 17.3 Å². The van der Waals surface area contributed by atoms with Gasteiger partial charge in [0.05, 0.1) is 35.4 Å². The lowest BCUT2D eigenvalue weighted by Crippen LogP contribution is -2.50. The number of hydrogen-bond acceptors (Lipinski definition) is 6. The summed E-state index contributed by atoms with van der Waals surface area (Å²) >= 11 is 0. The topological polar surface area (TPSA) is 106 Å². The minimum absolute atomic E-state index is 0.0915. The second-order valence-electron chi connectivity index (χ2n) is 13.1. The number of nitrogens with zero attached hydrogens (tertiary/aromatic N) is 3. The van der Waals surface area contributed by atoms with E-state index in [2.05, 4.69) is 27.7 Å². The van der Waals surface area contributed by atoms with Crippen LogP contribution in [0.2, 0.25) is 0 Å². The highest BCUT2D eigenvalue weighted by Crippen LogP contribution is 2.51. The Bertz CT molecular complexity index is 1480. The molecule has 1 aliphatic carbocycles. The van der Waals surface area contributed by atoms with Gasteiger partial charge >= 0.3 is 5.97 Å². The van der Waals surface area contributed by atoms with E-state index >= 15 is 0 Å². The van der Waals surface area contributed by atoms with Crippen LogP contribution in [0.1, 0.15) is 86.6 Å². The summed E-state index contributed by atoms with van der Waals surface area (Å²) in [6.07, 6.45) is 8.01. The molecule has 0 radical (unpaired) electrons. The maximum atomic E-state index is 14.4. The van der Waals surface area contributed by atoms with Gasteiger partial charge in [-0.15, -0.1) is 0 Å². The first-order valence-corrected chi connectivity index (χ1v) is 15.4. The first-order chi connectivity index (χ1) is 20.7. The smallest absolute Gasteiger partial charge is 0.312 e. The molecule has 5 atom stereocenters. The van der Waals surface area contributed by atoms with E-state index in [1.165, 1.54) is 0 Å². The monoisotopic (exact) mass is 583 g/mol. The van der Waals surface area contributed by atoms with Gasteiger partial charge in [-0.2, -0.15) is 0 Å². The molecule has 0 bridgehead atoms. The first-order valence-electron chi connectivity index (χ1n) is 15.4. The average molecular weight is 584 g/mol. The molecule has 2 amide bonds. The van der Waals surface area contributed by atoms with E-state index in [1.54, 1.807) is 10.9 Å². The van der Waals surface area contributed by atoms with Gasteiger partial charge in [0.25, 0.3) is 5.91 Å². The van der Waals surface area contributed by atoms with Gasteiger partial charge in [-0.05, 0) is 63.8 Å². The molecular weight excluding hydrogens is 542 g/mol. The van der Waals surface area contributed by atoms with Crippen LogP contribution < -0.4 is 10.6 Å². The molecule has 6 rings (SSSR count). The zero-order chi connectivity index (χ0) is 30.1. The van der Waals surface area contributed by atoms with E-state index in [0.29, 0.717) is 12.1 Å². The van der Waals surface area contributed by atoms with Gasteiger partial charge in [0.2, 0.25) is 5.91 Å². The Hall–Kier alpha value is -4.14. The van der Waals surface area contributed by atoms with Gasteiger partial charge in [-0.25, -0.2) is 4.98 Å². The van der Waals surface area contributed by atoms with Crippen LogP contribution in [0.15, 0.2) is 67.1 Å². The summed E-state index contributed by atoms with van der Waals surface area (Å²) in [7, 11) is 0. The summed E-state index contributed by atoms with van der Waals surface area (Å²) in [4.78, 5) is 46.5. The Kier molecular flexibility index (Phi) is 7.99. The largest absolute Gasteiger partial charge is 0.443 e. The molecule has 0 spiro atoms. The number of ether oxygens (including phenoxy) is 1. The number of benzene rings is 2. The fourth-order valence-electron chi connectivity index (χ4n) is 6.88. The fourth-order valence-corrected chi connectivity index (χ4v) is 6.88. The maximum absolute atomic E-state index is 14.4. The molecule has 3 aliphatic rings. The summed E-state index contributed by atoms with van der Waals surface area (Å²) in [6, 6.07) is 17.0. The summed E-state index contributed by atoms with van der Waals surface area (Å²) in [5.41, 5.74) is 3.01. The van der Waals surface area contributed by atoms with Crippen molar-refractivity contribution < 1.29 is 19.1 Å². The van der Waals surface area contributed by atoms with Crippen LogP contribution in [0.4, 0.5) is 5.69 Å². The molecule has 226 valence electrons. The van der Waals surface area contributed by atoms with Gasteiger partial charge in [-0.3, -0.25) is 14.4 Å². The molecule has 43 heavy (non-hydrogen) atoms. The van der Waals surface area contributed by atoms with E-state index < -0.39 is 5.41 Å². The number of nitrogens with one attached hydrogen (secondary N) is 2. The summed E-state index contributed by atoms with van der Waals surface area (Å²) in [6.45, 7) is 6.25. The SMILES string of the molecule is CC(C)(C)C(=O)OCn1cnc([C@@H]2Nc3ccccc3[C@H]3[C@@H]2CCN3C(=O)[C@H]2CCCC[C@H]2NC(=O)c2ccccc2)c1. The summed E-state index contributed by atoms with van der Waals surface area (Å²) in [5.74, 6) is -0.391. The number of anilines is 1. The lowest BCUT2D eigenvalue weighted by molar-refractivity contribution is -0.157. The molecule has 3 heterocycles. The van der Waals surface area contributed by atoms with E-state index in [9.17, 15) is 14.4 Å². The maximum Gasteiger partial charge on any atom is 0.312 e. The first kappa shape index (κ1) is 29.0. The number of carbonyl (C=O) groups excluding carboxylic acids is 3. The van der Waals surface area contributed by atoms with Gasteiger partial charge in [0, 0.05) is 36.0 Å². The third-order valence-corrected chi connectivity index (χ3v) is 9.11. The van der Waals surface area contributed by atoms with Crippen molar-refractivity contribution in [3.8, 4) is 0 Å². The molecule has 2 aromatic carbocycles. The Morgan fingerprint density at radius 1 is 1.00 bits per heavy atom. The Morgan fingerprint density at radius 2 is 1.74 bits per heavy atom. The van der Waals surface area contributed by atoms with Crippen LogP contribution in [-0.4, -0.2) is 44.8 Å². The molecule has 3 aromatic rings. The van der Waals surface area contributed by atoms with E-state index in [-0.39, 0.29) is 54.5 Å². The molecular formula is C34H41N5O4. The third kappa shape index (κ3) is 5.90. The highest BCUT2D eigenvalue weighted by atomic mass is 16.5. The molecule has 9 nitrogen and oxygen atoms in total. The number of rotatable bonds is 6. The zero-order valence-corrected chi connectivity index (χ0v) is 25.2. The molecule has 2 fully saturated rings. The zero-order valence-electron chi connectivity index (χ0n) is 25.2. The van der Waals surface area contributed by atoms with Crippen molar-refractivity contribution in [2.45, 2.75) is 77.7 Å². The average Bonchev–Trinajstić information content (AvgIpc) is 3.67. The Labute approximate surface area is 253 Å². The van der Waals surface area contributed by atoms with E-state index in [4.69, 9.17) is 9.72 Å². The molecule has 2 N–H and O–H groups in total. The quantitative estimate of drug-likeness (QED) is 0.373. The van der Waals surface area contributed by atoms with Crippen molar-refractivity contribution in [3.63, 3.8) is 0 Å². The minimum atomic E-state index is -0.577. The van der Waals surface area contributed by atoms with Gasteiger partial charge < -0.3 is 24.8 Å². The summed E-state index contributed by atoms with van der Waals surface area (Å²) in [5, 5.41) is 6.90. The van der Waals surface area contributed by atoms with Crippen LogP contribution in [0.5, 0.6) is 0 Å². The number of fused-ring (bicyclic) bond motifs is 3. The van der Waals surface area contributed by atoms with Crippen LogP contribution in [0.3, 0.4) is 0 Å². The predicted octanol–water partition coefficient (Wildman–Crippen LogP) is 5.48. The number of hydrogen-bond donors (Lipinski definition) is 2. The number of amides is 2. The number of esters is 1. The van der Waals surface area contributed by atoms with Crippen molar-refractivity contribution in [2.75, 3.05) is 11.9 Å². The lowest BCUT2D eigenvalue weighted by atomic mass is 9.80. The third-order valence-electron chi connectivity index (χ3n) is 9.11. The number of aromatic nitrogens is 2. The van der Waals surface area contributed by atoms with Crippen LogP contribution in [0.25, 0.3) is 0 Å². The Balaban J connectivity index is 1.22. The second-order valence-corrected chi connectivity index (χ2v) is 13.1. The van der Waals surface area contributed by atoms with Crippen molar-refractivity contribution in [1.29, 1.82) is 0 Å². The van der Waals surface area contributed by atoms with Crippen LogP contribution >= 0.6 is 0 Å². The second kappa shape index (κ2) is 11.9. The number of carbonyl (C=O) groups is 3. The van der Waals surface area contributed by atoms with Gasteiger partial charge in [-0.1, -0.05) is 49.2 Å². The van der Waals surface area contributed by atoms with Crippen LogP contribution in [-0.2, 0) is 21.1 Å². The van der Waals surface area contributed by atoms with Crippen molar-refractivity contribution >= 4 is 23.5 Å². The summed E-state index contributed by atoms with van der Waals surface area (Å²) < 4.78 is 7.29. The highest BCUT2D eigenvalue weighted by Gasteiger charge is 2.49. The number of imidazole rings is 1. The molecule has 1 saturated heterocycles. The standard InChI is InChI=1S/C34H41N5O4/c1-34(2,3)33(42)43-21-38-19-28(35-20-38)29-25-17-18-39(30(25)23-13-7-9-15-26(23)36-29)32(41)24-14-8-10-16-27(24)37-31(40)22-11-5-4-6-12-22/h4-7,9,11-13,15,19-20,24-25,27,29-30,36H,8,10,14,16-18,21H2,1-3H3,(H,37,40)/t24-,25+,27+,29+,30-/m0/s1. The highest BCUT2D eigenvalue weighted by molar-refractivity contribution is 5.95. The number of likely N-dealkylation sites (tertiary alicyclic amines) is 1. The lowest BCUT2D eigenvalue weighted by Gasteiger charge is -2.41. The molecule has 0 unspecified atom stereocenters. The molecule has 1 saturated carbocycles. The fraction of sp³-hybridized carbons (Fsp3) is 0.471. The van der Waals surface area contributed by atoms with Gasteiger partial charge in [0.15, 0.2) is 6.73 Å². The molecule has 2 aliphatic heterocycles. The van der Waals surface area contributed by atoms with Gasteiger partial charge in [0.1, 0.15) is 0 Å². The van der Waals surface area contributed by atoms with E-state index in [1.807, 2.05) is 69.4 Å². The van der Waals surface area contributed by atoms with E-state index in [0.717, 1.165) is 49.0 Å².